The zero-order valence-electron chi connectivity index (χ0n) is 24.8. The Labute approximate surface area is 264 Å². The van der Waals surface area contributed by atoms with E-state index < -0.39 is 0 Å². The molecule has 214 valence electrons. The summed E-state index contributed by atoms with van der Waals surface area (Å²) in [6.45, 7) is 0. The van der Waals surface area contributed by atoms with E-state index in [1.165, 1.54) is 43.4 Å². The maximum Gasteiger partial charge on any atom is 0.143 e. The molecule has 2 heterocycles. The van der Waals surface area contributed by atoms with Crippen LogP contribution in [-0.4, -0.2) is 0 Å². The van der Waals surface area contributed by atoms with Gasteiger partial charge in [0.15, 0.2) is 0 Å². The van der Waals surface area contributed by atoms with Crippen LogP contribution in [-0.2, 0) is 0 Å². The van der Waals surface area contributed by atoms with E-state index in [1.807, 2.05) is 12.3 Å². The minimum atomic E-state index is 0.854. The van der Waals surface area contributed by atoms with Crippen LogP contribution in [0.5, 0.6) is 0 Å². The lowest BCUT2D eigenvalue weighted by molar-refractivity contribution is 0.617. The highest BCUT2D eigenvalue weighted by Crippen LogP contribution is 2.50. The molecule has 0 aliphatic rings. The molecule has 0 saturated heterocycles. The second-order valence-corrected chi connectivity index (χ2v) is 12.0. The van der Waals surface area contributed by atoms with E-state index in [4.69, 9.17) is 8.83 Å². The molecule has 0 saturated carbocycles. The maximum atomic E-state index is 6.74. The fourth-order valence-electron chi connectivity index (χ4n) is 7.60. The molecule has 0 bridgehead atoms. The van der Waals surface area contributed by atoms with Gasteiger partial charge in [-0.1, -0.05) is 140 Å². The molecule has 0 unspecified atom stereocenters. The van der Waals surface area contributed by atoms with Gasteiger partial charge in [0.25, 0.3) is 0 Å². The Hall–Kier alpha value is -6.12. The van der Waals surface area contributed by atoms with Gasteiger partial charge in [0.05, 0.1) is 6.26 Å². The topological polar surface area (TPSA) is 26.3 Å². The van der Waals surface area contributed by atoms with Gasteiger partial charge in [0.2, 0.25) is 0 Å². The van der Waals surface area contributed by atoms with Gasteiger partial charge in [-0.2, -0.15) is 0 Å². The third kappa shape index (κ3) is 3.53. The molecule has 0 fully saturated rings. The summed E-state index contributed by atoms with van der Waals surface area (Å²) < 4.78 is 13.4. The molecule has 2 heteroatoms. The van der Waals surface area contributed by atoms with Gasteiger partial charge in [-0.15, -0.1) is 0 Å². The van der Waals surface area contributed by atoms with Crippen LogP contribution in [0.15, 0.2) is 167 Å². The van der Waals surface area contributed by atoms with Gasteiger partial charge in [-0.05, 0) is 61.1 Å². The molecule has 2 aromatic heterocycles. The molecule has 10 aromatic rings. The predicted octanol–water partition coefficient (Wildman–Crippen LogP) is 12.8. The highest BCUT2D eigenvalue weighted by Gasteiger charge is 2.25. The Kier molecular flexibility index (Phi) is 5.31. The number of hydrogen-bond acceptors (Lipinski definition) is 2. The summed E-state index contributed by atoms with van der Waals surface area (Å²) in [5, 5.41) is 10.4. The first kappa shape index (κ1) is 25.2. The van der Waals surface area contributed by atoms with Crippen LogP contribution in [0.25, 0.3) is 98.6 Å². The average Bonchev–Trinajstić information content (AvgIpc) is 3.72. The van der Waals surface area contributed by atoms with Crippen LogP contribution in [0.2, 0.25) is 0 Å². The Bertz CT molecular complexity index is 2740. The summed E-state index contributed by atoms with van der Waals surface area (Å²) in [5.74, 6) is 0. The molecule has 0 aliphatic heterocycles. The van der Waals surface area contributed by atoms with Crippen molar-refractivity contribution >= 4 is 65.2 Å². The van der Waals surface area contributed by atoms with Crippen molar-refractivity contribution in [3.8, 4) is 33.4 Å². The number of fused-ring (bicyclic) bond motifs is 8. The summed E-state index contributed by atoms with van der Waals surface area (Å²) in [6.07, 6.45) is 1.94. The first-order chi connectivity index (χ1) is 22.8. The number of furan rings is 2. The first-order valence-electron chi connectivity index (χ1n) is 15.7. The third-order valence-corrected chi connectivity index (χ3v) is 9.53. The second kappa shape index (κ2) is 9.69. The van der Waals surface area contributed by atoms with Gasteiger partial charge < -0.3 is 8.83 Å². The number of benzene rings is 8. The molecule has 8 aromatic carbocycles. The van der Waals surface area contributed by atoms with E-state index in [-0.39, 0.29) is 0 Å². The summed E-state index contributed by atoms with van der Waals surface area (Å²) in [6, 6.07) is 53.8. The monoisotopic (exact) mass is 586 g/mol. The molecule has 0 radical (unpaired) electrons. The molecule has 2 nitrogen and oxygen atoms in total. The normalized spacial score (nSPS) is 11.9. The number of hydrogen-bond donors (Lipinski definition) is 0. The highest BCUT2D eigenvalue weighted by molar-refractivity contribution is 6.29. The standard InChI is InChI=1S/C44H26O2/c1-2-14-28(15-3-1)40-31-18-6-8-20-33(31)41(34-21-9-7-19-32(34)40)36-25-39-42(35-22-10-11-24-38(35)46-39)43-37(26-45-44(36)43)30-23-12-16-27-13-4-5-17-29(27)30/h1-26H. The van der Waals surface area contributed by atoms with Crippen LogP contribution >= 0.6 is 0 Å². The average molecular weight is 587 g/mol. The van der Waals surface area contributed by atoms with Crippen LogP contribution in [0, 0.1) is 0 Å². The predicted molar refractivity (Wildman–Crippen MR) is 192 cm³/mol. The Balaban J connectivity index is 1.40. The van der Waals surface area contributed by atoms with Crippen molar-refractivity contribution in [2.45, 2.75) is 0 Å². The summed E-state index contributed by atoms with van der Waals surface area (Å²) in [7, 11) is 0. The number of para-hydroxylation sites is 1. The number of rotatable bonds is 3. The van der Waals surface area contributed by atoms with E-state index in [2.05, 4.69) is 146 Å². The van der Waals surface area contributed by atoms with Crippen LogP contribution < -0.4 is 0 Å². The summed E-state index contributed by atoms with van der Waals surface area (Å²) >= 11 is 0. The third-order valence-electron chi connectivity index (χ3n) is 9.53. The van der Waals surface area contributed by atoms with Crippen LogP contribution in [0.1, 0.15) is 0 Å². The largest absolute Gasteiger partial charge is 0.463 e. The van der Waals surface area contributed by atoms with Gasteiger partial charge >= 0.3 is 0 Å². The molecule has 0 spiro atoms. The maximum absolute atomic E-state index is 6.74. The van der Waals surface area contributed by atoms with Crippen molar-refractivity contribution < 1.29 is 8.83 Å². The lowest BCUT2D eigenvalue weighted by atomic mass is 9.85. The zero-order valence-corrected chi connectivity index (χ0v) is 24.8. The fourth-order valence-corrected chi connectivity index (χ4v) is 7.60. The van der Waals surface area contributed by atoms with Crippen molar-refractivity contribution in [1.82, 2.24) is 0 Å². The van der Waals surface area contributed by atoms with E-state index in [0.29, 0.717) is 0 Å². The summed E-state index contributed by atoms with van der Waals surface area (Å²) in [4.78, 5) is 0. The Morgan fingerprint density at radius 2 is 0.957 bits per heavy atom. The van der Waals surface area contributed by atoms with E-state index in [1.54, 1.807) is 0 Å². The molecule has 10 rings (SSSR count). The molecule has 0 N–H and O–H groups in total. The lowest BCUT2D eigenvalue weighted by Gasteiger charge is -2.18. The quantitative estimate of drug-likeness (QED) is 0.193. The zero-order chi connectivity index (χ0) is 30.2. The van der Waals surface area contributed by atoms with Gasteiger partial charge in [0.1, 0.15) is 16.7 Å². The summed E-state index contributed by atoms with van der Waals surface area (Å²) in [5.41, 5.74) is 9.43. The minimum Gasteiger partial charge on any atom is -0.463 e. The van der Waals surface area contributed by atoms with Crippen molar-refractivity contribution in [1.29, 1.82) is 0 Å². The van der Waals surface area contributed by atoms with Gasteiger partial charge in [0, 0.05) is 32.8 Å². The Morgan fingerprint density at radius 3 is 1.70 bits per heavy atom. The molecule has 46 heavy (non-hydrogen) atoms. The molecular weight excluding hydrogens is 560 g/mol. The minimum absolute atomic E-state index is 0.854. The first-order valence-corrected chi connectivity index (χ1v) is 15.7. The smallest absolute Gasteiger partial charge is 0.143 e. The lowest BCUT2D eigenvalue weighted by Crippen LogP contribution is -1.91. The molecule has 0 atom stereocenters. The van der Waals surface area contributed by atoms with E-state index in [0.717, 1.165) is 55.2 Å². The second-order valence-electron chi connectivity index (χ2n) is 12.0. The Morgan fingerprint density at radius 1 is 0.370 bits per heavy atom. The van der Waals surface area contributed by atoms with Crippen LogP contribution in [0.4, 0.5) is 0 Å². The van der Waals surface area contributed by atoms with E-state index >= 15 is 0 Å². The van der Waals surface area contributed by atoms with Gasteiger partial charge in [-0.25, -0.2) is 0 Å². The SMILES string of the molecule is c1ccc(-c2c3ccccc3c(-c3cc4oc5ccccc5c4c4c(-c5cccc6ccccc56)coc34)c3ccccc23)cc1. The van der Waals surface area contributed by atoms with Gasteiger partial charge in [-0.3, -0.25) is 0 Å². The molecule has 0 aliphatic carbocycles. The van der Waals surface area contributed by atoms with Crippen LogP contribution in [0.3, 0.4) is 0 Å². The van der Waals surface area contributed by atoms with E-state index in [9.17, 15) is 0 Å². The van der Waals surface area contributed by atoms with Crippen molar-refractivity contribution in [2.75, 3.05) is 0 Å². The van der Waals surface area contributed by atoms with Crippen molar-refractivity contribution in [2.24, 2.45) is 0 Å². The molecule has 0 amide bonds. The van der Waals surface area contributed by atoms with Crippen molar-refractivity contribution in [3.63, 3.8) is 0 Å². The fraction of sp³-hybridized carbons (Fsp3) is 0. The highest BCUT2D eigenvalue weighted by atomic mass is 16.3. The van der Waals surface area contributed by atoms with Crippen molar-refractivity contribution in [3.05, 3.63) is 158 Å². The molecular formula is C44H26O2.